The fourth-order valence-corrected chi connectivity index (χ4v) is 3.18. The second kappa shape index (κ2) is 6.14. The number of β-amino-alcohol motifs (C(OH)–C–C–N with tert-alkyl or cyclic N) is 2. The third-order valence-corrected chi connectivity index (χ3v) is 4.14. The molecule has 0 aromatic heterocycles. The molecule has 3 N–H and O–H groups in total. The molecule has 100 valence electrons. The molecule has 1 heterocycles. The van der Waals surface area contributed by atoms with Crippen LogP contribution in [0.3, 0.4) is 0 Å². The number of aliphatic hydroxyl groups excluding tert-OH is 2. The molecule has 2 rings (SSSR count). The first-order valence-electron chi connectivity index (χ1n) is 7.02. The first-order valence-corrected chi connectivity index (χ1v) is 7.02. The minimum Gasteiger partial charge on any atom is -0.389 e. The molecule has 4 unspecified atom stereocenters. The van der Waals surface area contributed by atoms with Crippen LogP contribution in [-0.4, -0.2) is 59.5 Å². The predicted octanol–water partition coefficient (Wildman–Crippen LogP) is 0.192. The molecule has 4 heteroatoms. The normalized spacial score (nSPS) is 39.0. The highest BCUT2D eigenvalue weighted by atomic mass is 16.3. The Morgan fingerprint density at radius 2 is 1.88 bits per heavy atom. The molecule has 0 aromatic carbocycles. The lowest BCUT2D eigenvalue weighted by Crippen LogP contribution is -2.39. The summed E-state index contributed by atoms with van der Waals surface area (Å²) in [7, 11) is 0. The van der Waals surface area contributed by atoms with Gasteiger partial charge >= 0.3 is 0 Å². The van der Waals surface area contributed by atoms with Crippen LogP contribution < -0.4 is 5.32 Å². The average molecular weight is 242 g/mol. The van der Waals surface area contributed by atoms with Gasteiger partial charge in [0.15, 0.2) is 0 Å². The van der Waals surface area contributed by atoms with Crippen LogP contribution >= 0.6 is 0 Å². The molecular formula is C13H26N2O2. The number of rotatable bonds is 5. The van der Waals surface area contributed by atoms with E-state index < -0.39 is 12.2 Å². The van der Waals surface area contributed by atoms with E-state index in [-0.39, 0.29) is 0 Å². The van der Waals surface area contributed by atoms with Gasteiger partial charge in [-0.05, 0) is 31.7 Å². The molecule has 1 saturated carbocycles. The van der Waals surface area contributed by atoms with E-state index >= 15 is 0 Å². The van der Waals surface area contributed by atoms with Gasteiger partial charge in [-0.3, -0.25) is 4.90 Å². The van der Waals surface area contributed by atoms with Crippen molar-refractivity contribution in [2.24, 2.45) is 5.92 Å². The molecule has 0 bridgehead atoms. The summed E-state index contributed by atoms with van der Waals surface area (Å²) in [5, 5.41) is 22.7. The largest absolute Gasteiger partial charge is 0.389 e. The molecular weight excluding hydrogens is 216 g/mol. The topological polar surface area (TPSA) is 55.7 Å². The van der Waals surface area contributed by atoms with Gasteiger partial charge in [0.2, 0.25) is 0 Å². The van der Waals surface area contributed by atoms with E-state index in [1.807, 2.05) is 0 Å². The molecule has 0 amide bonds. The lowest BCUT2D eigenvalue weighted by atomic mass is 10.0. The Hall–Kier alpha value is -0.160. The number of aliphatic hydroxyl groups is 2. The summed E-state index contributed by atoms with van der Waals surface area (Å²) in [6.45, 7) is 5.60. The number of hydrogen-bond acceptors (Lipinski definition) is 4. The van der Waals surface area contributed by atoms with Crippen molar-refractivity contribution in [2.45, 2.75) is 50.9 Å². The maximum atomic E-state index is 9.54. The fraction of sp³-hybridized carbons (Fsp3) is 1.00. The minimum absolute atomic E-state index is 0.543. The lowest BCUT2D eigenvalue weighted by Gasteiger charge is -2.25. The Balaban J connectivity index is 1.77. The van der Waals surface area contributed by atoms with E-state index in [1.54, 1.807) is 0 Å². The molecule has 1 saturated heterocycles. The third kappa shape index (κ3) is 3.41. The van der Waals surface area contributed by atoms with Crippen LogP contribution in [0.25, 0.3) is 0 Å². The van der Waals surface area contributed by atoms with Gasteiger partial charge in [-0.15, -0.1) is 0 Å². The van der Waals surface area contributed by atoms with E-state index in [4.69, 9.17) is 0 Å². The average Bonchev–Trinajstić information content (AvgIpc) is 2.85. The summed E-state index contributed by atoms with van der Waals surface area (Å²) < 4.78 is 0. The molecule has 0 radical (unpaired) electrons. The minimum atomic E-state index is -0.543. The second-order valence-corrected chi connectivity index (χ2v) is 5.60. The monoisotopic (exact) mass is 242 g/mol. The SMILES string of the molecule is CCCNC1CCCC1CN1CC(O)C(O)C1. The molecule has 4 atom stereocenters. The van der Waals surface area contributed by atoms with Crippen LogP contribution in [0.1, 0.15) is 32.6 Å². The van der Waals surface area contributed by atoms with Crippen molar-refractivity contribution in [3.63, 3.8) is 0 Å². The Morgan fingerprint density at radius 3 is 2.53 bits per heavy atom. The zero-order valence-corrected chi connectivity index (χ0v) is 10.8. The molecule has 1 aliphatic carbocycles. The molecule has 4 nitrogen and oxygen atoms in total. The quantitative estimate of drug-likeness (QED) is 0.644. The molecule has 1 aliphatic heterocycles. The van der Waals surface area contributed by atoms with Gasteiger partial charge in [0.05, 0.1) is 12.2 Å². The molecule has 2 aliphatic rings. The second-order valence-electron chi connectivity index (χ2n) is 5.60. The van der Waals surface area contributed by atoms with Crippen LogP contribution in [0.4, 0.5) is 0 Å². The van der Waals surface area contributed by atoms with Crippen molar-refractivity contribution >= 4 is 0 Å². The van der Waals surface area contributed by atoms with Gasteiger partial charge in [0, 0.05) is 25.7 Å². The van der Waals surface area contributed by atoms with E-state index in [9.17, 15) is 10.2 Å². The first kappa shape index (κ1) is 13.3. The van der Waals surface area contributed by atoms with Crippen LogP contribution in [0.15, 0.2) is 0 Å². The maximum absolute atomic E-state index is 9.54. The molecule has 0 spiro atoms. The number of hydrogen-bond donors (Lipinski definition) is 3. The van der Waals surface area contributed by atoms with Gasteiger partial charge in [-0.1, -0.05) is 13.3 Å². The highest BCUT2D eigenvalue weighted by molar-refractivity contribution is 4.89. The summed E-state index contributed by atoms with van der Waals surface area (Å²) >= 11 is 0. The zero-order valence-electron chi connectivity index (χ0n) is 10.8. The van der Waals surface area contributed by atoms with Crippen LogP contribution in [0.5, 0.6) is 0 Å². The van der Waals surface area contributed by atoms with Crippen molar-refractivity contribution in [2.75, 3.05) is 26.2 Å². The van der Waals surface area contributed by atoms with Gasteiger partial charge in [0.1, 0.15) is 0 Å². The first-order chi connectivity index (χ1) is 8.20. The highest BCUT2D eigenvalue weighted by Crippen LogP contribution is 2.27. The Kier molecular flexibility index (Phi) is 4.79. The van der Waals surface area contributed by atoms with Gasteiger partial charge < -0.3 is 15.5 Å². The zero-order chi connectivity index (χ0) is 12.3. The molecule has 17 heavy (non-hydrogen) atoms. The van der Waals surface area contributed by atoms with Crippen molar-refractivity contribution in [1.82, 2.24) is 10.2 Å². The van der Waals surface area contributed by atoms with Crippen molar-refractivity contribution in [3.05, 3.63) is 0 Å². The summed E-state index contributed by atoms with van der Waals surface area (Å²) in [6.07, 6.45) is 3.97. The van der Waals surface area contributed by atoms with Gasteiger partial charge in [0.25, 0.3) is 0 Å². The van der Waals surface area contributed by atoms with E-state index in [2.05, 4.69) is 17.1 Å². The van der Waals surface area contributed by atoms with E-state index in [1.165, 1.54) is 25.7 Å². The summed E-state index contributed by atoms with van der Waals surface area (Å²) in [5.74, 6) is 0.694. The predicted molar refractivity (Wildman–Crippen MR) is 67.9 cm³/mol. The number of nitrogens with one attached hydrogen (secondary N) is 1. The van der Waals surface area contributed by atoms with Gasteiger partial charge in [-0.2, -0.15) is 0 Å². The summed E-state index contributed by atoms with van der Waals surface area (Å²) in [4.78, 5) is 2.21. The summed E-state index contributed by atoms with van der Waals surface area (Å²) in [6, 6.07) is 0.643. The maximum Gasteiger partial charge on any atom is 0.0938 e. The van der Waals surface area contributed by atoms with Crippen LogP contribution in [-0.2, 0) is 0 Å². The fourth-order valence-electron chi connectivity index (χ4n) is 3.18. The van der Waals surface area contributed by atoms with Crippen molar-refractivity contribution in [3.8, 4) is 0 Å². The van der Waals surface area contributed by atoms with Crippen LogP contribution in [0.2, 0.25) is 0 Å². The smallest absolute Gasteiger partial charge is 0.0938 e. The van der Waals surface area contributed by atoms with E-state index in [0.717, 1.165) is 13.1 Å². The van der Waals surface area contributed by atoms with Crippen LogP contribution in [0, 0.1) is 5.92 Å². The van der Waals surface area contributed by atoms with Crippen molar-refractivity contribution < 1.29 is 10.2 Å². The lowest BCUT2D eigenvalue weighted by molar-refractivity contribution is 0.0572. The molecule has 2 fully saturated rings. The molecule has 0 aromatic rings. The van der Waals surface area contributed by atoms with Gasteiger partial charge in [-0.25, -0.2) is 0 Å². The standard InChI is InChI=1S/C13H26N2O2/c1-2-6-14-11-5-3-4-10(11)7-15-8-12(16)13(17)9-15/h10-14,16-17H,2-9H2,1H3. The van der Waals surface area contributed by atoms with Crippen molar-refractivity contribution in [1.29, 1.82) is 0 Å². The van der Waals surface area contributed by atoms with E-state index in [0.29, 0.717) is 25.0 Å². The number of likely N-dealkylation sites (tertiary alicyclic amines) is 1. The Labute approximate surface area is 104 Å². The third-order valence-electron chi connectivity index (χ3n) is 4.14. The Morgan fingerprint density at radius 1 is 1.18 bits per heavy atom. The summed E-state index contributed by atoms with van der Waals surface area (Å²) in [5.41, 5.74) is 0. The highest BCUT2D eigenvalue weighted by Gasteiger charge is 2.34. The number of nitrogens with zero attached hydrogens (tertiary/aromatic N) is 1. The Bertz CT molecular complexity index is 227.